The molecular formula is C12H21N3O2. The van der Waals surface area contributed by atoms with Gasteiger partial charge in [-0.05, 0) is 31.9 Å². The molecule has 0 spiro atoms. The average molecular weight is 239 g/mol. The Hall–Kier alpha value is -0.910. The van der Waals surface area contributed by atoms with Crippen molar-refractivity contribution < 1.29 is 9.47 Å². The molecule has 1 aromatic heterocycles. The van der Waals surface area contributed by atoms with Crippen molar-refractivity contribution in [2.24, 2.45) is 0 Å². The van der Waals surface area contributed by atoms with Gasteiger partial charge in [0.15, 0.2) is 0 Å². The Bertz CT molecular complexity index is 284. The number of nitrogens with one attached hydrogen (secondary N) is 2. The number of ether oxygens (including phenoxy) is 2. The van der Waals surface area contributed by atoms with Crippen molar-refractivity contribution in [2.75, 3.05) is 26.4 Å². The molecule has 1 aliphatic heterocycles. The highest BCUT2D eigenvalue weighted by atomic mass is 16.5. The molecule has 1 unspecified atom stereocenters. The molecule has 17 heavy (non-hydrogen) atoms. The zero-order chi connectivity index (χ0) is 11.8. The van der Waals surface area contributed by atoms with Crippen molar-refractivity contribution >= 4 is 0 Å². The first-order chi connectivity index (χ1) is 8.45. The zero-order valence-electron chi connectivity index (χ0n) is 10.2. The highest BCUT2D eigenvalue weighted by Gasteiger charge is 2.14. The number of hydrogen-bond acceptors (Lipinski definition) is 4. The normalized spacial score (nSPS) is 19.9. The Morgan fingerprint density at radius 3 is 3.35 bits per heavy atom. The summed E-state index contributed by atoms with van der Waals surface area (Å²) in [5.74, 6) is 0. The molecule has 1 atom stereocenters. The molecule has 1 aromatic rings. The highest BCUT2D eigenvalue weighted by Crippen LogP contribution is 2.11. The van der Waals surface area contributed by atoms with Crippen molar-refractivity contribution in [3.63, 3.8) is 0 Å². The summed E-state index contributed by atoms with van der Waals surface area (Å²) in [6.07, 6.45) is 5.47. The van der Waals surface area contributed by atoms with E-state index in [1.54, 1.807) is 6.20 Å². The Morgan fingerprint density at radius 2 is 2.59 bits per heavy atom. The third-order valence-corrected chi connectivity index (χ3v) is 2.84. The number of rotatable bonds is 8. The van der Waals surface area contributed by atoms with Gasteiger partial charge >= 0.3 is 0 Å². The minimum absolute atomic E-state index is 0.341. The molecule has 5 heteroatoms. The van der Waals surface area contributed by atoms with Crippen LogP contribution in [0, 0.1) is 0 Å². The van der Waals surface area contributed by atoms with Crippen molar-refractivity contribution in [2.45, 2.75) is 31.9 Å². The minimum Gasteiger partial charge on any atom is -0.379 e. The quantitative estimate of drug-likeness (QED) is 0.667. The second-order valence-corrected chi connectivity index (χ2v) is 4.32. The summed E-state index contributed by atoms with van der Waals surface area (Å²) >= 11 is 0. The van der Waals surface area contributed by atoms with E-state index < -0.39 is 0 Å². The molecule has 1 aliphatic rings. The van der Waals surface area contributed by atoms with Gasteiger partial charge in [-0.15, -0.1) is 0 Å². The van der Waals surface area contributed by atoms with Gasteiger partial charge in [-0.1, -0.05) is 0 Å². The van der Waals surface area contributed by atoms with Crippen molar-refractivity contribution in [1.29, 1.82) is 0 Å². The molecule has 0 bridgehead atoms. The fourth-order valence-corrected chi connectivity index (χ4v) is 1.90. The maximum absolute atomic E-state index is 5.57. The van der Waals surface area contributed by atoms with E-state index in [9.17, 15) is 0 Å². The topological polar surface area (TPSA) is 59.2 Å². The molecule has 5 nitrogen and oxygen atoms in total. The number of H-pyrrole nitrogens is 1. The van der Waals surface area contributed by atoms with Gasteiger partial charge in [0.05, 0.1) is 12.7 Å². The molecule has 0 amide bonds. The minimum atomic E-state index is 0.341. The van der Waals surface area contributed by atoms with E-state index in [-0.39, 0.29) is 0 Å². The van der Waals surface area contributed by atoms with Crippen molar-refractivity contribution in [3.8, 4) is 0 Å². The highest BCUT2D eigenvalue weighted by molar-refractivity contribution is 4.96. The van der Waals surface area contributed by atoms with Crippen molar-refractivity contribution in [1.82, 2.24) is 15.5 Å². The summed E-state index contributed by atoms with van der Waals surface area (Å²) in [5.41, 5.74) is 1.12. The summed E-state index contributed by atoms with van der Waals surface area (Å²) in [6.45, 7) is 4.26. The van der Waals surface area contributed by atoms with Gasteiger partial charge in [-0.2, -0.15) is 5.10 Å². The molecular weight excluding hydrogens is 218 g/mol. The summed E-state index contributed by atoms with van der Waals surface area (Å²) < 4.78 is 11.0. The average Bonchev–Trinajstić information content (AvgIpc) is 3.00. The van der Waals surface area contributed by atoms with Crippen LogP contribution in [0.25, 0.3) is 0 Å². The van der Waals surface area contributed by atoms with Gasteiger partial charge in [0.1, 0.15) is 0 Å². The SMILES string of the molecule is c1cc(CNCCCOCC2CCCO2)[nH]n1. The van der Waals surface area contributed by atoms with Crippen LogP contribution in [0.15, 0.2) is 12.3 Å². The fourth-order valence-electron chi connectivity index (χ4n) is 1.90. The lowest BCUT2D eigenvalue weighted by Gasteiger charge is -2.10. The van der Waals surface area contributed by atoms with E-state index in [1.165, 1.54) is 6.42 Å². The largest absolute Gasteiger partial charge is 0.379 e. The first kappa shape index (κ1) is 12.5. The van der Waals surface area contributed by atoms with Crippen LogP contribution in [0.4, 0.5) is 0 Å². The summed E-state index contributed by atoms with van der Waals surface area (Å²) in [4.78, 5) is 0. The first-order valence-electron chi connectivity index (χ1n) is 6.33. The van der Waals surface area contributed by atoms with Gasteiger partial charge in [0.25, 0.3) is 0 Å². The van der Waals surface area contributed by atoms with Gasteiger partial charge < -0.3 is 14.8 Å². The monoisotopic (exact) mass is 239 g/mol. The molecule has 0 aliphatic carbocycles. The molecule has 0 aromatic carbocycles. The van der Waals surface area contributed by atoms with Crippen LogP contribution in [0.2, 0.25) is 0 Å². The van der Waals surface area contributed by atoms with E-state index in [2.05, 4.69) is 15.5 Å². The Labute approximate surface area is 102 Å². The third-order valence-electron chi connectivity index (χ3n) is 2.84. The van der Waals surface area contributed by atoms with E-state index in [1.807, 2.05) is 6.07 Å². The van der Waals surface area contributed by atoms with Crippen LogP contribution in [-0.2, 0) is 16.0 Å². The smallest absolute Gasteiger partial charge is 0.0809 e. The van der Waals surface area contributed by atoms with E-state index in [0.29, 0.717) is 6.10 Å². The molecule has 2 rings (SSSR count). The molecule has 96 valence electrons. The van der Waals surface area contributed by atoms with Gasteiger partial charge in [-0.3, -0.25) is 5.10 Å². The summed E-state index contributed by atoms with van der Waals surface area (Å²) in [6, 6.07) is 1.97. The predicted molar refractivity (Wildman–Crippen MR) is 64.7 cm³/mol. The number of aromatic nitrogens is 2. The zero-order valence-corrected chi connectivity index (χ0v) is 10.2. The second kappa shape index (κ2) is 7.42. The number of nitrogens with zero attached hydrogens (tertiary/aromatic N) is 1. The first-order valence-corrected chi connectivity index (χ1v) is 6.33. The molecule has 0 saturated carbocycles. The van der Waals surface area contributed by atoms with E-state index in [0.717, 1.165) is 51.4 Å². The maximum Gasteiger partial charge on any atom is 0.0809 e. The van der Waals surface area contributed by atoms with Crippen LogP contribution in [0.1, 0.15) is 25.0 Å². The Balaban J connectivity index is 1.39. The summed E-state index contributed by atoms with van der Waals surface area (Å²) in [7, 11) is 0. The standard InChI is InChI=1S/C12H21N3O2/c1-3-12(17-8-1)10-16-7-2-5-13-9-11-4-6-14-15-11/h4,6,12-13H,1-3,5,7-10H2,(H,14,15). The number of hydrogen-bond donors (Lipinski definition) is 2. The van der Waals surface area contributed by atoms with Crippen LogP contribution in [0.3, 0.4) is 0 Å². The molecule has 0 radical (unpaired) electrons. The summed E-state index contributed by atoms with van der Waals surface area (Å²) in [5, 5.41) is 10.1. The molecule has 2 heterocycles. The lowest BCUT2D eigenvalue weighted by molar-refractivity contribution is 0.0166. The maximum atomic E-state index is 5.57. The molecule has 1 fully saturated rings. The van der Waals surface area contributed by atoms with Crippen molar-refractivity contribution in [3.05, 3.63) is 18.0 Å². The van der Waals surface area contributed by atoms with E-state index >= 15 is 0 Å². The number of aromatic amines is 1. The van der Waals surface area contributed by atoms with Crippen LogP contribution in [-0.4, -0.2) is 42.7 Å². The Kier molecular flexibility index (Phi) is 5.48. The van der Waals surface area contributed by atoms with Crippen LogP contribution < -0.4 is 5.32 Å². The van der Waals surface area contributed by atoms with Gasteiger partial charge in [-0.25, -0.2) is 0 Å². The van der Waals surface area contributed by atoms with Gasteiger partial charge in [0.2, 0.25) is 0 Å². The van der Waals surface area contributed by atoms with Crippen LogP contribution >= 0.6 is 0 Å². The lowest BCUT2D eigenvalue weighted by Crippen LogP contribution is -2.19. The molecule has 1 saturated heterocycles. The van der Waals surface area contributed by atoms with Crippen LogP contribution in [0.5, 0.6) is 0 Å². The predicted octanol–water partition coefficient (Wildman–Crippen LogP) is 1.08. The molecule has 2 N–H and O–H groups in total. The lowest BCUT2D eigenvalue weighted by atomic mass is 10.2. The fraction of sp³-hybridized carbons (Fsp3) is 0.750. The Morgan fingerprint density at radius 1 is 1.59 bits per heavy atom. The third kappa shape index (κ3) is 4.85. The van der Waals surface area contributed by atoms with E-state index in [4.69, 9.17) is 9.47 Å². The second-order valence-electron chi connectivity index (χ2n) is 4.32. The van der Waals surface area contributed by atoms with Gasteiger partial charge in [0, 0.05) is 31.6 Å².